The molecule has 2 heterocycles. The largest absolute Gasteiger partial charge is 0.371 e. The molecule has 2 aromatic carbocycles. The second-order valence-electron chi connectivity index (χ2n) is 7.75. The molecule has 0 spiro atoms. The Morgan fingerprint density at radius 2 is 1.76 bits per heavy atom. The molecule has 2 aliphatic heterocycles. The molecule has 0 aliphatic carbocycles. The molecule has 29 heavy (non-hydrogen) atoms. The standard InChI is InChI=1S/C23H22FN3O2/c1-16(24)14-27-21(28)18-8-5-9-19(20(18)22(27)29)26-12-10-23(15-25,11-13-26)17-6-3-2-4-7-17/h2-9,16H,10-14H2,1H3. The van der Waals surface area contributed by atoms with Crippen LogP contribution in [0.15, 0.2) is 48.5 Å². The predicted octanol–water partition coefficient (Wildman–Crippen LogP) is 3.70. The van der Waals surface area contributed by atoms with Crippen LogP contribution in [0.5, 0.6) is 0 Å². The number of fused-ring (bicyclic) bond motifs is 1. The van der Waals surface area contributed by atoms with Gasteiger partial charge >= 0.3 is 0 Å². The Balaban J connectivity index is 1.61. The highest BCUT2D eigenvalue weighted by molar-refractivity contribution is 6.23. The number of anilines is 1. The molecule has 2 aliphatic rings. The molecule has 0 saturated carbocycles. The smallest absolute Gasteiger partial charge is 0.263 e. The van der Waals surface area contributed by atoms with Crippen molar-refractivity contribution in [3.63, 3.8) is 0 Å². The van der Waals surface area contributed by atoms with E-state index in [2.05, 4.69) is 11.0 Å². The Labute approximate surface area is 169 Å². The van der Waals surface area contributed by atoms with Gasteiger partial charge in [-0.3, -0.25) is 14.5 Å². The van der Waals surface area contributed by atoms with E-state index in [-0.39, 0.29) is 6.54 Å². The van der Waals surface area contributed by atoms with Gasteiger partial charge < -0.3 is 4.90 Å². The highest BCUT2D eigenvalue weighted by Gasteiger charge is 2.41. The van der Waals surface area contributed by atoms with Crippen molar-refractivity contribution in [2.45, 2.75) is 31.4 Å². The summed E-state index contributed by atoms with van der Waals surface area (Å²) in [5.74, 6) is -0.880. The SMILES string of the molecule is CC(F)CN1C(=O)c2cccc(N3CCC(C#N)(c4ccccc4)CC3)c2C1=O. The van der Waals surface area contributed by atoms with Crippen molar-refractivity contribution in [1.82, 2.24) is 4.90 Å². The monoisotopic (exact) mass is 391 g/mol. The van der Waals surface area contributed by atoms with Gasteiger partial charge in [0.05, 0.1) is 34.8 Å². The number of benzene rings is 2. The second-order valence-corrected chi connectivity index (χ2v) is 7.75. The number of hydrogen-bond donors (Lipinski definition) is 0. The minimum atomic E-state index is -1.28. The number of amides is 2. The van der Waals surface area contributed by atoms with Gasteiger partial charge in [0, 0.05) is 13.1 Å². The van der Waals surface area contributed by atoms with Gasteiger partial charge in [-0.15, -0.1) is 0 Å². The number of imide groups is 1. The number of carbonyl (C=O) groups is 2. The van der Waals surface area contributed by atoms with Crippen LogP contribution in [0, 0.1) is 11.3 Å². The lowest BCUT2D eigenvalue weighted by molar-refractivity contribution is 0.0618. The maximum absolute atomic E-state index is 13.5. The summed E-state index contributed by atoms with van der Waals surface area (Å²) >= 11 is 0. The molecule has 2 aromatic rings. The molecule has 2 amide bonds. The first-order valence-corrected chi connectivity index (χ1v) is 9.82. The van der Waals surface area contributed by atoms with Gasteiger partial charge in [-0.2, -0.15) is 5.26 Å². The minimum absolute atomic E-state index is 0.239. The third-order valence-corrected chi connectivity index (χ3v) is 5.91. The first-order valence-electron chi connectivity index (χ1n) is 9.82. The Hall–Kier alpha value is -3.20. The van der Waals surface area contributed by atoms with Crippen LogP contribution in [-0.4, -0.2) is 42.5 Å². The molecule has 148 valence electrons. The third-order valence-electron chi connectivity index (χ3n) is 5.91. The third kappa shape index (κ3) is 3.17. The van der Waals surface area contributed by atoms with Gasteiger partial charge in [0.2, 0.25) is 0 Å². The predicted molar refractivity (Wildman–Crippen MR) is 108 cm³/mol. The van der Waals surface area contributed by atoms with E-state index in [1.165, 1.54) is 6.92 Å². The summed E-state index contributed by atoms with van der Waals surface area (Å²) in [5.41, 5.74) is 1.82. The Bertz CT molecular complexity index is 989. The Morgan fingerprint density at radius 3 is 2.38 bits per heavy atom. The fraction of sp³-hybridized carbons (Fsp3) is 0.348. The lowest BCUT2D eigenvalue weighted by Crippen LogP contribution is -2.42. The van der Waals surface area contributed by atoms with Crippen LogP contribution in [0.25, 0.3) is 0 Å². The molecule has 0 radical (unpaired) electrons. The lowest BCUT2D eigenvalue weighted by atomic mass is 9.74. The van der Waals surface area contributed by atoms with Crippen molar-refractivity contribution < 1.29 is 14.0 Å². The van der Waals surface area contributed by atoms with E-state index in [1.807, 2.05) is 36.4 Å². The van der Waals surface area contributed by atoms with Crippen molar-refractivity contribution in [2.75, 3.05) is 24.5 Å². The zero-order chi connectivity index (χ0) is 20.6. The van der Waals surface area contributed by atoms with Gasteiger partial charge in [-0.25, -0.2) is 4.39 Å². The molecule has 0 aromatic heterocycles. The molecule has 1 atom stereocenters. The summed E-state index contributed by atoms with van der Waals surface area (Å²) < 4.78 is 13.5. The average Bonchev–Trinajstić information content (AvgIpc) is 2.99. The zero-order valence-electron chi connectivity index (χ0n) is 16.3. The number of halogens is 1. The number of piperidine rings is 1. The first-order chi connectivity index (χ1) is 14.0. The number of carbonyl (C=O) groups excluding carboxylic acids is 2. The Kier molecular flexibility index (Phi) is 4.83. The number of hydrogen-bond acceptors (Lipinski definition) is 4. The summed E-state index contributed by atoms with van der Waals surface area (Å²) in [7, 11) is 0. The van der Waals surface area contributed by atoms with Crippen LogP contribution in [0.4, 0.5) is 10.1 Å². The van der Waals surface area contributed by atoms with Gasteiger partial charge in [-0.05, 0) is 37.5 Å². The van der Waals surface area contributed by atoms with Gasteiger partial charge in [-0.1, -0.05) is 36.4 Å². The highest BCUT2D eigenvalue weighted by atomic mass is 19.1. The summed E-state index contributed by atoms with van der Waals surface area (Å²) in [6.07, 6.45) is -0.0208. The zero-order valence-corrected chi connectivity index (χ0v) is 16.3. The summed E-state index contributed by atoms with van der Waals surface area (Å²) in [6.45, 7) is 2.29. The molecular weight excluding hydrogens is 369 g/mol. The topological polar surface area (TPSA) is 64.4 Å². The minimum Gasteiger partial charge on any atom is -0.371 e. The van der Waals surface area contributed by atoms with Crippen LogP contribution in [0.3, 0.4) is 0 Å². The van der Waals surface area contributed by atoms with Crippen molar-refractivity contribution in [3.8, 4) is 6.07 Å². The summed E-state index contributed by atoms with van der Waals surface area (Å²) in [5, 5.41) is 9.89. The normalized spacial score (nSPS) is 19.1. The maximum atomic E-state index is 13.5. The fourth-order valence-corrected chi connectivity index (χ4v) is 4.35. The first kappa shape index (κ1) is 19.1. The summed E-state index contributed by atoms with van der Waals surface area (Å²) in [6, 6.07) is 17.5. The van der Waals surface area contributed by atoms with E-state index in [0.717, 1.165) is 10.5 Å². The average molecular weight is 391 g/mol. The highest BCUT2D eigenvalue weighted by Crippen LogP contribution is 2.39. The van der Waals surface area contributed by atoms with Crippen LogP contribution in [0.2, 0.25) is 0 Å². The molecule has 0 bridgehead atoms. The van der Waals surface area contributed by atoms with Gasteiger partial charge in [0.25, 0.3) is 11.8 Å². The molecule has 1 unspecified atom stereocenters. The van der Waals surface area contributed by atoms with Crippen LogP contribution >= 0.6 is 0 Å². The van der Waals surface area contributed by atoms with E-state index in [4.69, 9.17) is 0 Å². The van der Waals surface area contributed by atoms with E-state index >= 15 is 0 Å². The number of alkyl halides is 1. The van der Waals surface area contributed by atoms with Crippen molar-refractivity contribution in [2.24, 2.45) is 0 Å². The van der Waals surface area contributed by atoms with Crippen molar-refractivity contribution >= 4 is 17.5 Å². The quantitative estimate of drug-likeness (QED) is 0.746. The molecule has 5 nitrogen and oxygen atoms in total. The van der Waals surface area contributed by atoms with Crippen LogP contribution in [0.1, 0.15) is 46.0 Å². The summed E-state index contributed by atoms with van der Waals surface area (Å²) in [4.78, 5) is 28.5. The molecule has 1 fully saturated rings. The van der Waals surface area contributed by atoms with Gasteiger partial charge in [0.15, 0.2) is 0 Å². The molecule has 0 N–H and O–H groups in total. The Morgan fingerprint density at radius 1 is 1.07 bits per heavy atom. The van der Waals surface area contributed by atoms with E-state index < -0.39 is 23.4 Å². The van der Waals surface area contributed by atoms with Crippen LogP contribution in [-0.2, 0) is 5.41 Å². The molecule has 4 rings (SSSR count). The van der Waals surface area contributed by atoms with Crippen LogP contribution < -0.4 is 4.90 Å². The number of rotatable bonds is 4. The van der Waals surface area contributed by atoms with Gasteiger partial charge in [0.1, 0.15) is 6.17 Å². The fourth-order valence-electron chi connectivity index (χ4n) is 4.35. The van der Waals surface area contributed by atoms with E-state index in [0.29, 0.717) is 42.7 Å². The van der Waals surface area contributed by atoms with E-state index in [9.17, 15) is 19.2 Å². The van der Waals surface area contributed by atoms with E-state index in [1.54, 1.807) is 12.1 Å². The van der Waals surface area contributed by atoms with Crippen molar-refractivity contribution in [3.05, 3.63) is 65.2 Å². The second kappa shape index (κ2) is 7.32. The molecule has 1 saturated heterocycles. The number of nitrogens with zero attached hydrogens (tertiary/aromatic N) is 3. The molecule has 6 heteroatoms. The number of nitriles is 1. The maximum Gasteiger partial charge on any atom is 0.263 e. The van der Waals surface area contributed by atoms with Crippen molar-refractivity contribution in [1.29, 1.82) is 5.26 Å². The lowest BCUT2D eigenvalue weighted by Gasteiger charge is -2.39. The molecular formula is C23H22FN3O2.